The zero-order chi connectivity index (χ0) is 14.5. The minimum Gasteiger partial charge on any atom is -0.486 e. The molecule has 0 radical (unpaired) electrons. The van der Waals surface area contributed by atoms with Crippen LogP contribution in [0.2, 0.25) is 0 Å². The minimum absolute atomic E-state index is 0.0665. The van der Waals surface area contributed by atoms with Crippen molar-refractivity contribution in [3.8, 4) is 5.06 Å². The summed E-state index contributed by atoms with van der Waals surface area (Å²) >= 11 is 1.15. The molecule has 0 saturated heterocycles. The van der Waals surface area contributed by atoms with E-state index in [4.69, 9.17) is 4.74 Å². The molecule has 0 unspecified atom stereocenters. The van der Waals surface area contributed by atoms with Gasteiger partial charge in [-0.2, -0.15) is 0 Å². The third-order valence-electron chi connectivity index (χ3n) is 2.35. The van der Waals surface area contributed by atoms with Gasteiger partial charge in [-0.25, -0.2) is 18.6 Å². The number of ether oxygens (including phenoxy) is 1. The Hall–Kier alpha value is -2.22. The van der Waals surface area contributed by atoms with Gasteiger partial charge in [0, 0.05) is 12.1 Å². The number of urea groups is 1. The molecule has 2 aromatic rings. The topological polar surface area (TPSA) is 63.2 Å². The maximum Gasteiger partial charge on any atom is 0.321 e. The molecule has 0 aliphatic heterocycles. The Morgan fingerprint density at radius 2 is 2.25 bits per heavy atom. The average Bonchev–Trinajstić information content (AvgIpc) is 2.87. The zero-order valence-corrected chi connectivity index (χ0v) is 11.3. The Morgan fingerprint density at radius 3 is 2.95 bits per heavy atom. The molecule has 0 aliphatic rings. The van der Waals surface area contributed by atoms with Crippen LogP contribution < -0.4 is 15.4 Å². The van der Waals surface area contributed by atoms with Crippen LogP contribution in [-0.4, -0.2) is 18.1 Å². The van der Waals surface area contributed by atoms with Gasteiger partial charge in [0.25, 0.3) is 0 Å². The van der Waals surface area contributed by atoms with Crippen LogP contribution in [0.5, 0.6) is 5.06 Å². The van der Waals surface area contributed by atoms with Crippen molar-refractivity contribution in [2.75, 3.05) is 12.4 Å². The van der Waals surface area contributed by atoms with Gasteiger partial charge in [0.05, 0.1) is 13.3 Å². The molecule has 0 fully saturated rings. The van der Waals surface area contributed by atoms with Gasteiger partial charge in [-0.3, -0.25) is 5.32 Å². The molecule has 0 spiro atoms. The third-order valence-corrected chi connectivity index (χ3v) is 3.23. The van der Waals surface area contributed by atoms with Crippen LogP contribution in [0.3, 0.4) is 0 Å². The van der Waals surface area contributed by atoms with Crippen LogP contribution in [0.4, 0.5) is 18.7 Å². The number of nitrogens with zero attached hydrogens (tertiary/aromatic N) is 1. The largest absolute Gasteiger partial charge is 0.486 e. The number of hydrogen-bond donors (Lipinski definition) is 2. The fourth-order valence-electron chi connectivity index (χ4n) is 1.41. The molecule has 1 heterocycles. The number of aromatic nitrogens is 1. The summed E-state index contributed by atoms with van der Waals surface area (Å²) in [7, 11) is 1.49. The van der Waals surface area contributed by atoms with E-state index in [1.54, 1.807) is 0 Å². The second-order valence-corrected chi connectivity index (χ2v) is 4.73. The Balaban J connectivity index is 1.90. The normalized spacial score (nSPS) is 10.2. The minimum atomic E-state index is -0.581. The lowest BCUT2D eigenvalue weighted by molar-refractivity contribution is 0.251. The van der Waals surface area contributed by atoms with Crippen LogP contribution in [-0.2, 0) is 6.54 Å². The summed E-state index contributed by atoms with van der Waals surface area (Å²) in [5.41, 5.74) is 0.0665. The molecular formula is C12H11F2N3O2S. The average molecular weight is 299 g/mol. The highest BCUT2D eigenvalue weighted by Crippen LogP contribution is 2.24. The van der Waals surface area contributed by atoms with E-state index in [1.807, 2.05) is 0 Å². The van der Waals surface area contributed by atoms with Crippen molar-refractivity contribution in [1.29, 1.82) is 0 Å². The summed E-state index contributed by atoms with van der Waals surface area (Å²) in [5.74, 6) is -1.14. The van der Waals surface area contributed by atoms with E-state index in [9.17, 15) is 13.6 Å². The number of carbonyl (C=O) groups is 1. The molecule has 20 heavy (non-hydrogen) atoms. The highest BCUT2D eigenvalue weighted by atomic mass is 32.1. The summed E-state index contributed by atoms with van der Waals surface area (Å²) in [6.45, 7) is -0.127. The summed E-state index contributed by atoms with van der Waals surface area (Å²) in [6.07, 6.45) is 1.46. The molecule has 5 nitrogen and oxygen atoms in total. The fourth-order valence-corrected chi connectivity index (χ4v) is 2.04. The summed E-state index contributed by atoms with van der Waals surface area (Å²) in [4.78, 5) is 15.5. The standard InChI is InChI=1S/C12H11F2N3O2S/c1-19-10-6-16-12(20-10)17-11(18)15-5-7-4-8(13)2-3-9(7)14/h2-4,6H,5H2,1H3,(H2,15,16,17,18). The van der Waals surface area contributed by atoms with E-state index in [2.05, 4.69) is 15.6 Å². The lowest BCUT2D eigenvalue weighted by Crippen LogP contribution is -2.28. The van der Waals surface area contributed by atoms with Crippen molar-refractivity contribution in [2.24, 2.45) is 0 Å². The molecular weight excluding hydrogens is 288 g/mol. The lowest BCUT2D eigenvalue weighted by Gasteiger charge is -2.06. The number of hydrogen-bond acceptors (Lipinski definition) is 4. The van der Waals surface area contributed by atoms with Crippen molar-refractivity contribution >= 4 is 22.5 Å². The van der Waals surface area contributed by atoms with Crippen molar-refractivity contribution in [2.45, 2.75) is 6.54 Å². The number of methoxy groups -OCH3 is 1. The molecule has 8 heteroatoms. The number of nitrogens with one attached hydrogen (secondary N) is 2. The van der Waals surface area contributed by atoms with Crippen LogP contribution in [0.15, 0.2) is 24.4 Å². The number of benzene rings is 1. The lowest BCUT2D eigenvalue weighted by atomic mass is 10.2. The smallest absolute Gasteiger partial charge is 0.321 e. The quantitative estimate of drug-likeness (QED) is 0.912. The van der Waals surface area contributed by atoms with E-state index < -0.39 is 17.7 Å². The fraction of sp³-hybridized carbons (Fsp3) is 0.167. The first-order chi connectivity index (χ1) is 9.58. The first-order valence-corrected chi connectivity index (χ1v) is 6.38. The molecule has 0 saturated carbocycles. The van der Waals surface area contributed by atoms with Crippen molar-refractivity contribution in [1.82, 2.24) is 10.3 Å². The first kappa shape index (κ1) is 14.2. The SMILES string of the molecule is COc1cnc(NC(=O)NCc2cc(F)ccc2F)s1. The van der Waals surface area contributed by atoms with E-state index in [-0.39, 0.29) is 12.1 Å². The Kier molecular flexibility index (Phi) is 4.46. The van der Waals surface area contributed by atoms with Crippen LogP contribution >= 0.6 is 11.3 Å². The van der Waals surface area contributed by atoms with Gasteiger partial charge in [-0.05, 0) is 18.2 Å². The van der Waals surface area contributed by atoms with Gasteiger partial charge in [0.1, 0.15) is 11.6 Å². The molecule has 2 amide bonds. The maximum absolute atomic E-state index is 13.3. The Labute approximate surface area is 117 Å². The van der Waals surface area contributed by atoms with Crippen molar-refractivity contribution in [3.05, 3.63) is 41.6 Å². The van der Waals surface area contributed by atoms with Gasteiger partial charge in [0.2, 0.25) is 0 Å². The second-order valence-electron chi connectivity index (χ2n) is 3.73. The predicted octanol–water partition coefficient (Wildman–Crippen LogP) is 2.75. The van der Waals surface area contributed by atoms with Gasteiger partial charge >= 0.3 is 6.03 Å². The first-order valence-electron chi connectivity index (χ1n) is 5.57. The third kappa shape index (κ3) is 3.64. The van der Waals surface area contributed by atoms with Crippen LogP contribution in [0.1, 0.15) is 5.56 Å². The molecule has 1 aromatic heterocycles. The molecule has 106 valence electrons. The Morgan fingerprint density at radius 1 is 1.45 bits per heavy atom. The predicted molar refractivity (Wildman–Crippen MR) is 70.9 cm³/mol. The van der Waals surface area contributed by atoms with Crippen LogP contribution in [0, 0.1) is 11.6 Å². The molecule has 0 atom stereocenters. The molecule has 2 rings (SSSR count). The number of amides is 2. The van der Waals surface area contributed by atoms with E-state index in [0.29, 0.717) is 10.2 Å². The number of rotatable bonds is 4. The molecule has 0 bridgehead atoms. The van der Waals surface area contributed by atoms with Crippen molar-refractivity contribution in [3.63, 3.8) is 0 Å². The van der Waals surface area contributed by atoms with Gasteiger partial charge < -0.3 is 10.1 Å². The molecule has 2 N–H and O–H groups in total. The molecule has 0 aliphatic carbocycles. The van der Waals surface area contributed by atoms with Gasteiger partial charge in [-0.1, -0.05) is 11.3 Å². The number of halogens is 2. The molecule has 1 aromatic carbocycles. The summed E-state index contributed by atoms with van der Waals surface area (Å²) < 4.78 is 31.2. The van der Waals surface area contributed by atoms with Gasteiger partial charge in [0.15, 0.2) is 10.2 Å². The number of carbonyl (C=O) groups excluding carboxylic acids is 1. The van der Waals surface area contributed by atoms with Crippen LogP contribution in [0.25, 0.3) is 0 Å². The highest BCUT2D eigenvalue weighted by molar-refractivity contribution is 7.17. The van der Waals surface area contributed by atoms with E-state index in [1.165, 1.54) is 13.3 Å². The number of anilines is 1. The monoisotopic (exact) mass is 299 g/mol. The highest BCUT2D eigenvalue weighted by Gasteiger charge is 2.08. The van der Waals surface area contributed by atoms with Gasteiger partial charge in [-0.15, -0.1) is 0 Å². The Bertz CT molecular complexity index is 618. The van der Waals surface area contributed by atoms with E-state index >= 15 is 0 Å². The maximum atomic E-state index is 13.3. The number of thiazole rings is 1. The summed E-state index contributed by atoms with van der Waals surface area (Å²) in [6, 6.07) is 2.49. The van der Waals surface area contributed by atoms with Crippen molar-refractivity contribution < 1.29 is 18.3 Å². The van der Waals surface area contributed by atoms with E-state index in [0.717, 1.165) is 29.5 Å². The second kappa shape index (κ2) is 6.29. The summed E-state index contributed by atoms with van der Waals surface area (Å²) in [5, 5.41) is 5.77. The zero-order valence-electron chi connectivity index (χ0n) is 10.4.